The van der Waals surface area contributed by atoms with Crippen LogP contribution in [0.3, 0.4) is 0 Å². The normalized spacial score (nSPS) is 19.2. The van der Waals surface area contributed by atoms with Crippen molar-refractivity contribution in [3.63, 3.8) is 0 Å². The van der Waals surface area contributed by atoms with E-state index in [0.29, 0.717) is 6.07 Å². The second-order valence-corrected chi connectivity index (χ2v) is 7.07. The lowest BCUT2D eigenvalue weighted by Crippen LogP contribution is -2.49. The van der Waals surface area contributed by atoms with E-state index in [-0.39, 0.29) is 49.5 Å². The molecule has 1 aliphatic heterocycles. The average Bonchev–Trinajstić information content (AvgIpc) is 2.63. The Labute approximate surface area is 163 Å². The van der Waals surface area contributed by atoms with Gasteiger partial charge in [0.2, 0.25) is 0 Å². The third-order valence-electron chi connectivity index (χ3n) is 4.86. The fourth-order valence-electron chi connectivity index (χ4n) is 3.41. The predicted octanol–water partition coefficient (Wildman–Crippen LogP) is 2.81. The molecule has 1 fully saturated rings. The van der Waals surface area contributed by atoms with Crippen molar-refractivity contribution in [1.82, 2.24) is 10.2 Å². The average molecular weight is 396 g/mol. The number of nitrogens with zero attached hydrogens (tertiary/aromatic N) is 1. The quantitative estimate of drug-likeness (QED) is 0.568. The number of carbonyl (C=O) groups excluding carboxylic acids is 3. The van der Waals surface area contributed by atoms with Crippen LogP contribution in [0.5, 0.6) is 0 Å². The summed E-state index contributed by atoms with van der Waals surface area (Å²) in [5, 5.41) is 2.46. The Balaban J connectivity index is 1.67. The number of rotatable bonds is 7. The first-order valence-corrected chi connectivity index (χ1v) is 9.49. The Hall–Kier alpha value is -2.51. The third-order valence-corrected chi connectivity index (χ3v) is 4.86. The molecule has 0 spiro atoms. The zero-order valence-electron chi connectivity index (χ0n) is 16.2. The van der Waals surface area contributed by atoms with Gasteiger partial charge in [-0.05, 0) is 51.7 Å². The van der Waals surface area contributed by atoms with Crippen molar-refractivity contribution < 1.29 is 27.9 Å². The molecule has 1 N–H and O–H groups in total. The maximum absolute atomic E-state index is 13.5. The van der Waals surface area contributed by atoms with E-state index >= 15 is 0 Å². The highest BCUT2D eigenvalue weighted by Gasteiger charge is 2.29. The Kier molecular flexibility index (Phi) is 7.90. The number of amides is 2. The van der Waals surface area contributed by atoms with Crippen LogP contribution >= 0.6 is 0 Å². The second kappa shape index (κ2) is 10.1. The van der Waals surface area contributed by atoms with Crippen molar-refractivity contribution in [3.05, 3.63) is 35.4 Å². The van der Waals surface area contributed by atoms with E-state index in [1.807, 2.05) is 13.8 Å². The van der Waals surface area contributed by atoms with Crippen molar-refractivity contribution in [2.45, 2.75) is 58.0 Å². The summed E-state index contributed by atoms with van der Waals surface area (Å²) in [6.07, 6.45) is 3.26. The highest BCUT2D eigenvalue weighted by molar-refractivity contribution is 5.94. The van der Waals surface area contributed by atoms with Gasteiger partial charge in [-0.1, -0.05) is 0 Å². The monoisotopic (exact) mass is 396 g/mol. The largest absolute Gasteiger partial charge is 0.456 e. The molecule has 0 saturated carbocycles. The van der Waals surface area contributed by atoms with E-state index in [4.69, 9.17) is 4.74 Å². The predicted molar refractivity (Wildman–Crippen MR) is 98.5 cm³/mol. The van der Waals surface area contributed by atoms with Crippen molar-refractivity contribution >= 4 is 17.8 Å². The van der Waals surface area contributed by atoms with E-state index in [0.717, 1.165) is 31.4 Å². The SMILES string of the molecule is CC1CCCC(C)N1C(=O)COC(=O)CCCNC(=O)c1ccc(F)cc1F. The van der Waals surface area contributed by atoms with Crippen molar-refractivity contribution in [3.8, 4) is 0 Å². The van der Waals surface area contributed by atoms with Crippen molar-refractivity contribution in [2.75, 3.05) is 13.2 Å². The highest BCUT2D eigenvalue weighted by Crippen LogP contribution is 2.22. The first kappa shape index (κ1) is 21.8. The molecule has 1 saturated heterocycles. The summed E-state index contributed by atoms with van der Waals surface area (Å²) in [6, 6.07) is 2.96. The fourth-order valence-corrected chi connectivity index (χ4v) is 3.41. The van der Waals surface area contributed by atoms with Crippen LogP contribution in [0.2, 0.25) is 0 Å². The minimum absolute atomic E-state index is 0.0184. The molecular weight excluding hydrogens is 370 g/mol. The summed E-state index contributed by atoms with van der Waals surface area (Å²) in [5.41, 5.74) is -0.264. The molecule has 0 radical (unpaired) electrons. The minimum atomic E-state index is -0.948. The van der Waals surface area contributed by atoms with Gasteiger partial charge in [0.05, 0.1) is 5.56 Å². The standard InChI is InChI=1S/C20H26F2N2O4/c1-13-5-3-6-14(2)24(13)18(25)12-28-19(26)7-4-10-23-20(27)16-9-8-15(21)11-17(16)22/h8-9,11,13-14H,3-7,10,12H2,1-2H3,(H,23,27). The molecule has 2 amide bonds. The van der Waals surface area contributed by atoms with Crippen LogP contribution in [-0.4, -0.2) is 47.9 Å². The molecule has 28 heavy (non-hydrogen) atoms. The number of carbonyl (C=O) groups is 3. The Morgan fingerprint density at radius 2 is 1.86 bits per heavy atom. The topological polar surface area (TPSA) is 75.7 Å². The minimum Gasteiger partial charge on any atom is -0.456 e. The smallest absolute Gasteiger partial charge is 0.306 e. The van der Waals surface area contributed by atoms with E-state index < -0.39 is 23.5 Å². The molecule has 0 aromatic heterocycles. The molecule has 2 unspecified atom stereocenters. The van der Waals surface area contributed by atoms with Gasteiger partial charge in [0.1, 0.15) is 11.6 Å². The number of likely N-dealkylation sites (tertiary alicyclic amines) is 1. The molecule has 0 bridgehead atoms. The van der Waals surface area contributed by atoms with E-state index in [2.05, 4.69) is 5.32 Å². The van der Waals surface area contributed by atoms with Crippen LogP contribution in [-0.2, 0) is 14.3 Å². The van der Waals surface area contributed by atoms with Gasteiger partial charge in [0, 0.05) is 31.1 Å². The third kappa shape index (κ3) is 6.00. The molecular formula is C20H26F2N2O4. The van der Waals surface area contributed by atoms with Gasteiger partial charge in [0.25, 0.3) is 11.8 Å². The van der Waals surface area contributed by atoms with E-state index in [1.54, 1.807) is 4.90 Å². The Morgan fingerprint density at radius 1 is 1.18 bits per heavy atom. The highest BCUT2D eigenvalue weighted by atomic mass is 19.1. The Morgan fingerprint density at radius 3 is 2.50 bits per heavy atom. The molecule has 2 atom stereocenters. The molecule has 0 aliphatic carbocycles. The van der Waals surface area contributed by atoms with Crippen LogP contribution in [0, 0.1) is 11.6 Å². The van der Waals surface area contributed by atoms with Gasteiger partial charge in [-0.15, -0.1) is 0 Å². The molecule has 1 aromatic carbocycles. The number of esters is 1. The van der Waals surface area contributed by atoms with Crippen LogP contribution in [0.25, 0.3) is 0 Å². The van der Waals surface area contributed by atoms with Crippen LogP contribution in [0.4, 0.5) is 8.78 Å². The first-order valence-electron chi connectivity index (χ1n) is 9.49. The zero-order chi connectivity index (χ0) is 20.7. The van der Waals surface area contributed by atoms with E-state index in [9.17, 15) is 23.2 Å². The summed E-state index contributed by atoms with van der Waals surface area (Å²) >= 11 is 0. The van der Waals surface area contributed by atoms with E-state index in [1.165, 1.54) is 0 Å². The number of benzene rings is 1. The lowest BCUT2D eigenvalue weighted by atomic mass is 9.97. The molecule has 2 rings (SSSR count). The molecule has 154 valence electrons. The summed E-state index contributed by atoms with van der Waals surface area (Å²) in [6.45, 7) is 3.81. The number of piperidine rings is 1. The van der Waals surface area contributed by atoms with Gasteiger partial charge in [-0.2, -0.15) is 0 Å². The van der Waals surface area contributed by atoms with Gasteiger partial charge in [0.15, 0.2) is 6.61 Å². The number of hydrogen-bond acceptors (Lipinski definition) is 4. The molecule has 1 aliphatic rings. The molecule has 8 heteroatoms. The number of halogens is 2. The maximum Gasteiger partial charge on any atom is 0.306 e. The summed E-state index contributed by atoms with van der Waals surface area (Å²) in [7, 11) is 0. The number of ether oxygens (including phenoxy) is 1. The van der Waals surface area contributed by atoms with Gasteiger partial charge < -0.3 is 15.0 Å². The first-order chi connectivity index (χ1) is 13.3. The zero-order valence-corrected chi connectivity index (χ0v) is 16.2. The van der Waals surface area contributed by atoms with Crippen LogP contribution in [0.1, 0.15) is 56.3 Å². The van der Waals surface area contributed by atoms with Crippen LogP contribution < -0.4 is 5.32 Å². The number of nitrogens with one attached hydrogen (secondary N) is 1. The van der Waals surface area contributed by atoms with Crippen molar-refractivity contribution in [2.24, 2.45) is 0 Å². The molecule has 1 heterocycles. The molecule has 1 aromatic rings. The van der Waals surface area contributed by atoms with Crippen molar-refractivity contribution in [1.29, 1.82) is 0 Å². The Bertz CT molecular complexity index is 716. The summed E-state index contributed by atoms with van der Waals surface area (Å²) < 4.78 is 31.4. The molecule has 6 nitrogen and oxygen atoms in total. The fraction of sp³-hybridized carbons (Fsp3) is 0.550. The maximum atomic E-state index is 13.5. The lowest BCUT2D eigenvalue weighted by molar-refractivity contribution is -0.154. The summed E-state index contributed by atoms with van der Waals surface area (Å²) in [4.78, 5) is 37.7. The lowest BCUT2D eigenvalue weighted by Gasteiger charge is -2.38. The second-order valence-electron chi connectivity index (χ2n) is 7.07. The van der Waals surface area contributed by atoms with Gasteiger partial charge >= 0.3 is 5.97 Å². The number of hydrogen-bond donors (Lipinski definition) is 1. The van der Waals surface area contributed by atoms with Gasteiger partial charge in [-0.25, -0.2) is 8.78 Å². The van der Waals surface area contributed by atoms with Crippen LogP contribution in [0.15, 0.2) is 18.2 Å². The van der Waals surface area contributed by atoms with Gasteiger partial charge in [-0.3, -0.25) is 14.4 Å². The summed E-state index contributed by atoms with van der Waals surface area (Å²) in [5.74, 6) is -3.13.